The minimum Gasteiger partial charge on any atom is -0.347 e. The lowest BCUT2D eigenvalue weighted by Crippen LogP contribution is -2.48. The summed E-state index contributed by atoms with van der Waals surface area (Å²) in [7, 11) is 1.92. The van der Waals surface area contributed by atoms with E-state index in [9.17, 15) is 14.4 Å². The van der Waals surface area contributed by atoms with E-state index in [1.807, 2.05) is 30.1 Å². The summed E-state index contributed by atoms with van der Waals surface area (Å²) in [5.74, 6) is -0.445. The molecule has 1 aliphatic rings. The van der Waals surface area contributed by atoms with E-state index in [1.54, 1.807) is 47.4 Å². The van der Waals surface area contributed by atoms with Gasteiger partial charge in [-0.2, -0.15) is 0 Å². The molecule has 2 N–H and O–H groups in total. The molecule has 9 heteroatoms. The highest BCUT2D eigenvalue weighted by molar-refractivity contribution is 7.18. The van der Waals surface area contributed by atoms with Crippen molar-refractivity contribution >= 4 is 52.0 Å². The molecule has 1 aromatic heterocycles. The Balaban J connectivity index is 1.40. The minimum atomic E-state index is -0.268. The van der Waals surface area contributed by atoms with Crippen LogP contribution in [0.5, 0.6) is 0 Å². The molecular weight excluding hydrogens is 460 g/mol. The summed E-state index contributed by atoms with van der Waals surface area (Å²) >= 11 is 7.11. The van der Waals surface area contributed by atoms with Crippen molar-refractivity contribution in [2.24, 2.45) is 0 Å². The van der Waals surface area contributed by atoms with Crippen LogP contribution < -0.4 is 15.5 Å². The van der Waals surface area contributed by atoms with Gasteiger partial charge in [-0.25, -0.2) is 0 Å². The molecule has 0 radical (unpaired) electrons. The Hall–Kier alpha value is -3.20. The van der Waals surface area contributed by atoms with Crippen LogP contribution in [0.4, 0.5) is 11.4 Å². The second kappa shape index (κ2) is 10.2. The Morgan fingerprint density at radius 2 is 1.76 bits per heavy atom. The first-order valence-corrected chi connectivity index (χ1v) is 11.6. The molecule has 2 aromatic carbocycles. The van der Waals surface area contributed by atoms with Gasteiger partial charge in [0.05, 0.1) is 15.8 Å². The third kappa shape index (κ3) is 5.60. The van der Waals surface area contributed by atoms with Gasteiger partial charge < -0.3 is 15.5 Å². The van der Waals surface area contributed by atoms with Gasteiger partial charge in [0.1, 0.15) is 0 Å². The number of benzene rings is 2. The van der Waals surface area contributed by atoms with E-state index in [4.69, 9.17) is 11.6 Å². The van der Waals surface area contributed by atoms with E-state index in [1.165, 1.54) is 11.3 Å². The lowest BCUT2D eigenvalue weighted by Gasteiger charge is -2.32. The third-order valence-electron chi connectivity index (χ3n) is 5.35. The number of anilines is 2. The molecule has 1 fully saturated rings. The highest BCUT2D eigenvalue weighted by Gasteiger charge is 2.23. The topological polar surface area (TPSA) is 81.8 Å². The van der Waals surface area contributed by atoms with Crippen LogP contribution in [-0.4, -0.2) is 49.3 Å². The molecule has 3 aromatic rings. The number of hydrogen-bond donors (Lipinski definition) is 2. The van der Waals surface area contributed by atoms with Crippen molar-refractivity contribution in [3.63, 3.8) is 0 Å². The van der Waals surface area contributed by atoms with Crippen LogP contribution in [0.15, 0.2) is 60.7 Å². The Labute approximate surface area is 201 Å². The molecule has 3 amide bonds. The molecule has 33 heavy (non-hydrogen) atoms. The second-order valence-corrected chi connectivity index (χ2v) is 9.44. The Bertz CT molecular complexity index is 1180. The number of thiophene rings is 1. The van der Waals surface area contributed by atoms with Crippen molar-refractivity contribution < 1.29 is 14.4 Å². The molecule has 170 valence electrons. The molecule has 1 saturated heterocycles. The van der Waals surface area contributed by atoms with Crippen molar-refractivity contribution in [1.29, 1.82) is 0 Å². The van der Waals surface area contributed by atoms with Crippen LogP contribution in [0.1, 0.15) is 25.6 Å². The zero-order chi connectivity index (χ0) is 23.4. The summed E-state index contributed by atoms with van der Waals surface area (Å²) in [4.78, 5) is 41.7. The van der Waals surface area contributed by atoms with E-state index in [-0.39, 0.29) is 24.3 Å². The van der Waals surface area contributed by atoms with Crippen LogP contribution in [0, 0.1) is 0 Å². The first-order valence-electron chi connectivity index (χ1n) is 10.4. The SMILES string of the molecule is CN1CCN(c2ccc(C(=O)Nc3ccccc3CNC(=O)c3ccc(Cl)s3)cc2)C(=O)C1. The average Bonchev–Trinajstić information content (AvgIpc) is 3.25. The van der Waals surface area contributed by atoms with Crippen LogP contribution in [0.2, 0.25) is 4.34 Å². The number of nitrogens with zero attached hydrogens (tertiary/aromatic N) is 2. The minimum absolute atomic E-state index is 0.0433. The van der Waals surface area contributed by atoms with Gasteiger partial charge in [0.2, 0.25) is 5.91 Å². The molecule has 7 nitrogen and oxygen atoms in total. The van der Waals surface area contributed by atoms with Crippen LogP contribution in [-0.2, 0) is 11.3 Å². The normalized spacial score (nSPS) is 14.2. The summed E-state index contributed by atoms with van der Waals surface area (Å²) in [5.41, 5.74) is 2.65. The van der Waals surface area contributed by atoms with Gasteiger partial charge in [-0.15, -0.1) is 11.3 Å². The van der Waals surface area contributed by atoms with Crippen LogP contribution >= 0.6 is 22.9 Å². The first kappa shape index (κ1) is 23.0. The predicted octanol–water partition coefficient (Wildman–Crippen LogP) is 3.86. The van der Waals surface area contributed by atoms with Crippen molar-refractivity contribution in [3.05, 3.63) is 81.0 Å². The van der Waals surface area contributed by atoms with Crippen molar-refractivity contribution in [2.75, 3.05) is 36.9 Å². The quantitative estimate of drug-likeness (QED) is 0.559. The maximum Gasteiger partial charge on any atom is 0.261 e. The van der Waals surface area contributed by atoms with E-state index in [2.05, 4.69) is 10.6 Å². The zero-order valence-electron chi connectivity index (χ0n) is 18.0. The number of piperazine rings is 1. The van der Waals surface area contributed by atoms with E-state index in [0.717, 1.165) is 17.8 Å². The van der Waals surface area contributed by atoms with Gasteiger partial charge in [0.25, 0.3) is 11.8 Å². The van der Waals surface area contributed by atoms with Gasteiger partial charge in [0.15, 0.2) is 0 Å². The number of hydrogen-bond acceptors (Lipinski definition) is 5. The van der Waals surface area contributed by atoms with Crippen LogP contribution in [0.3, 0.4) is 0 Å². The first-order chi connectivity index (χ1) is 15.9. The highest BCUT2D eigenvalue weighted by Crippen LogP contribution is 2.22. The van der Waals surface area contributed by atoms with E-state index in [0.29, 0.717) is 33.6 Å². The Morgan fingerprint density at radius 1 is 1.00 bits per heavy atom. The number of para-hydroxylation sites is 1. The van der Waals surface area contributed by atoms with Gasteiger partial charge >= 0.3 is 0 Å². The molecule has 0 saturated carbocycles. The number of carbonyl (C=O) groups excluding carboxylic acids is 3. The van der Waals surface area contributed by atoms with Gasteiger partial charge in [-0.1, -0.05) is 29.8 Å². The van der Waals surface area contributed by atoms with Crippen LogP contribution in [0.25, 0.3) is 0 Å². The van der Waals surface area contributed by atoms with Gasteiger partial charge in [-0.05, 0) is 55.1 Å². The fraction of sp³-hybridized carbons (Fsp3) is 0.208. The summed E-state index contributed by atoms with van der Waals surface area (Å²) < 4.78 is 0.552. The zero-order valence-corrected chi connectivity index (χ0v) is 19.6. The smallest absolute Gasteiger partial charge is 0.261 e. The molecule has 0 aliphatic carbocycles. The molecule has 1 aliphatic heterocycles. The third-order valence-corrected chi connectivity index (χ3v) is 6.58. The lowest BCUT2D eigenvalue weighted by molar-refractivity contribution is -0.120. The molecule has 0 atom stereocenters. The molecule has 0 spiro atoms. The molecule has 0 unspecified atom stereocenters. The summed E-state index contributed by atoms with van der Waals surface area (Å²) in [6.07, 6.45) is 0. The standard InChI is InChI=1S/C24H23ClN4O3S/c1-28-12-13-29(22(30)15-28)18-8-6-16(7-9-18)23(31)27-19-5-3-2-4-17(19)14-26-24(32)20-10-11-21(25)33-20/h2-11H,12-15H2,1H3,(H,26,32)(H,27,31). The number of amides is 3. The monoisotopic (exact) mass is 482 g/mol. The van der Waals surface area contributed by atoms with E-state index >= 15 is 0 Å². The van der Waals surface area contributed by atoms with Crippen molar-refractivity contribution in [3.8, 4) is 0 Å². The number of carbonyl (C=O) groups is 3. The number of halogens is 1. The summed E-state index contributed by atoms with van der Waals surface area (Å²) in [6, 6.07) is 17.7. The van der Waals surface area contributed by atoms with Crippen molar-refractivity contribution in [2.45, 2.75) is 6.54 Å². The maximum atomic E-state index is 12.8. The van der Waals surface area contributed by atoms with Gasteiger partial charge in [0, 0.05) is 36.6 Å². The Morgan fingerprint density at radius 3 is 2.45 bits per heavy atom. The second-order valence-electron chi connectivity index (χ2n) is 7.73. The number of nitrogens with one attached hydrogen (secondary N) is 2. The summed E-state index contributed by atoms with van der Waals surface area (Å²) in [5, 5.41) is 5.77. The number of rotatable bonds is 6. The average molecular weight is 483 g/mol. The van der Waals surface area contributed by atoms with Gasteiger partial charge in [-0.3, -0.25) is 19.3 Å². The Kier molecular flexibility index (Phi) is 7.08. The fourth-order valence-electron chi connectivity index (χ4n) is 3.55. The molecule has 0 bridgehead atoms. The summed E-state index contributed by atoms with van der Waals surface area (Å²) in [6.45, 7) is 2.07. The largest absolute Gasteiger partial charge is 0.347 e. The van der Waals surface area contributed by atoms with Crippen molar-refractivity contribution in [1.82, 2.24) is 10.2 Å². The lowest BCUT2D eigenvalue weighted by atomic mass is 10.1. The fourth-order valence-corrected chi connectivity index (χ4v) is 4.51. The molecular formula is C24H23ClN4O3S. The number of likely N-dealkylation sites (N-methyl/N-ethyl adjacent to an activating group) is 1. The highest BCUT2D eigenvalue weighted by atomic mass is 35.5. The maximum absolute atomic E-state index is 12.8. The van der Waals surface area contributed by atoms with E-state index < -0.39 is 0 Å². The molecule has 2 heterocycles. The molecule has 4 rings (SSSR count). The predicted molar refractivity (Wildman–Crippen MR) is 131 cm³/mol.